The molecule has 0 aliphatic carbocycles. The van der Waals surface area contributed by atoms with E-state index >= 15 is 0 Å². The predicted octanol–water partition coefficient (Wildman–Crippen LogP) is -0.882. The van der Waals surface area contributed by atoms with Crippen LogP contribution in [0.25, 0.3) is 0 Å². The van der Waals surface area contributed by atoms with Crippen molar-refractivity contribution in [2.24, 2.45) is 23.7 Å². The van der Waals surface area contributed by atoms with Gasteiger partial charge in [0.05, 0.1) is 41.1 Å². The van der Waals surface area contributed by atoms with Crippen molar-refractivity contribution < 1.29 is 52.4 Å². The molecule has 0 radical (unpaired) electrons. The van der Waals surface area contributed by atoms with Gasteiger partial charge in [0.15, 0.2) is 11.8 Å². The molecule has 1 heterocycles. The normalized spacial score (nSPS) is 20.6. The summed E-state index contributed by atoms with van der Waals surface area (Å²) in [7, 11) is 8.08. The van der Waals surface area contributed by atoms with Crippen molar-refractivity contribution in [3.8, 4) is 0 Å². The summed E-state index contributed by atoms with van der Waals surface area (Å²) in [5.74, 6) is -11.2. The van der Waals surface area contributed by atoms with Gasteiger partial charge in [-0.05, 0) is 0 Å². The van der Waals surface area contributed by atoms with Crippen LogP contribution in [-0.4, -0.2) is 90.7 Å². The number of hydrogen-bond acceptors (Lipinski definition) is 12. The second-order valence-electron chi connectivity index (χ2n) is 6.52. The number of carbonyl (C=O) groups is 5. The molecule has 174 valence electrons. The summed E-state index contributed by atoms with van der Waals surface area (Å²) in [6.45, 7) is 0. The lowest BCUT2D eigenvalue weighted by molar-refractivity contribution is -0.180. The number of esters is 5. The van der Waals surface area contributed by atoms with Crippen molar-refractivity contribution in [2.75, 3.05) is 49.7 Å². The largest absolute Gasteiger partial charge is 0.468 e. The van der Waals surface area contributed by atoms with Gasteiger partial charge in [-0.3, -0.25) is 19.2 Å². The molecule has 1 rings (SSSR count). The first-order valence-electron chi connectivity index (χ1n) is 9.01. The van der Waals surface area contributed by atoms with Gasteiger partial charge in [-0.2, -0.15) is 0 Å². The molecule has 3 atom stereocenters. The maximum Gasteiger partial charge on any atom is 0.335 e. The van der Waals surface area contributed by atoms with Gasteiger partial charge in [-0.15, -0.1) is 0 Å². The van der Waals surface area contributed by atoms with Gasteiger partial charge in [0.2, 0.25) is 0 Å². The highest BCUT2D eigenvalue weighted by Gasteiger charge is 2.57. The van der Waals surface area contributed by atoms with Gasteiger partial charge in [0.1, 0.15) is 6.23 Å². The topological polar surface area (TPSA) is 144 Å². The van der Waals surface area contributed by atoms with E-state index < -0.39 is 59.7 Å². The van der Waals surface area contributed by atoms with Crippen LogP contribution in [0.4, 0.5) is 0 Å². The summed E-state index contributed by atoms with van der Waals surface area (Å²) < 4.78 is 29.3. The summed E-state index contributed by atoms with van der Waals surface area (Å²) in [5.41, 5.74) is -0.179. The molecule has 0 unspecified atom stereocenters. The van der Waals surface area contributed by atoms with Crippen molar-refractivity contribution in [1.82, 2.24) is 4.90 Å². The minimum atomic E-state index is -1.73. The van der Waals surface area contributed by atoms with Crippen LogP contribution < -0.4 is 0 Å². The number of carbonyl (C=O) groups excluding carboxylic acids is 5. The summed E-state index contributed by atoms with van der Waals surface area (Å²) >= 11 is 0. The van der Waals surface area contributed by atoms with Gasteiger partial charge in [0.25, 0.3) is 0 Å². The Kier molecular flexibility index (Phi) is 9.43. The first kappa shape index (κ1) is 25.9. The lowest BCUT2D eigenvalue weighted by atomic mass is 9.68. The van der Waals surface area contributed by atoms with Crippen molar-refractivity contribution in [2.45, 2.75) is 6.23 Å². The molecule has 1 aliphatic heterocycles. The van der Waals surface area contributed by atoms with Gasteiger partial charge in [-0.1, -0.05) is 0 Å². The maximum atomic E-state index is 12.6. The fourth-order valence-corrected chi connectivity index (χ4v) is 3.75. The van der Waals surface area contributed by atoms with Crippen molar-refractivity contribution >= 4 is 29.8 Å². The average molecular weight is 445 g/mol. The van der Waals surface area contributed by atoms with E-state index in [9.17, 15) is 24.0 Å². The van der Waals surface area contributed by atoms with Gasteiger partial charge in [0, 0.05) is 32.2 Å². The van der Waals surface area contributed by atoms with Gasteiger partial charge in [-0.25, -0.2) is 4.79 Å². The smallest absolute Gasteiger partial charge is 0.335 e. The Morgan fingerprint density at radius 3 is 1.52 bits per heavy atom. The molecule has 31 heavy (non-hydrogen) atoms. The Labute approximate surface area is 179 Å². The van der Waals surface area contributed by atoms with Crippen molar-refractivity contribution in [3.05, 3.63) is 11.8 Å². The SMILES string of the molecule is COC(=O)C1=CN(C)[C@H](OC)[C@@H](C(C(=O)OC)C(=O)OC)[C@@H]1C(C(=O)OC)C(=O)OC. The molecule has 0 fully saturated rings. The molecule has 0 aromatic heterocycles. The number of hydrogen-bond donors (Lipinski definition) is 0. The van der Waals surface area contributed by atoms with Crippen LogP contribution in [0.1, 0.15) is 0 Å². The third kappa shape index (κ3) is 5.13. The number of rotatable bonds is 8. The molecule has 1 aliphatic rings. The van der Waals surface area contributed by atoms with Crippen LogP contribution in [0.15, 0.2) is 11.8 Å². The zero-order valence-corrected chi connectivity index (χ0v) is 18.4. The predicted molar refractivity (Wildman–Crippen MR) is 101 cm³/mol. The molecule has 12 heteroatoms. The maximum absolute atomic E-state index is 12.6. The van der Waals surface area contributed by atoms with Gasteiger partial charge >= 0.3 is 29.8 Å². The third-order valence-electron chi connectivity index (χ3n) is 5.07. The Balaban J connectivity index is 3.93. The van der Waals surface area contributed by atoms with E-state index in [-0.39, 0.29) is 5.57 Å². The summed E-state index contributed by atoms with van der Waals surface area (Å²) in [5, 5.41) is 0. The van der Waals surface area contributed by atoms with E-state index in [0.717, 1.165) is 35.5 Å². The molecule has 0 N–H and O–H groups in total. The molecule has 0 bridgehead atoms. The van der Waals surface area contributed by atoms with E-state index in [2.05, 4.69) is 0 Å². The Bertz CT molecular complexity index is 715. The quantitative estimate of drug-likeness (QED) is 0.260. The van der Waals surface area contributed by atoms with E-state index in [1.165, 1.54) is 25.3 Å². The molecule has 0 saturated carbocycles. The molecular formula is C19H27NO11. The Morgan fingerprint density at radius 1 is 0.742 bits per heavy atom. The number of methoxy groups -OCH3 is 6. The van der Waals surface area contributed by atoms with Crippen LogP contribution in [0.5, 0.6) is 0 Å². The molecule has 0 aromatic rings. The third-order valence-corrected chi connectivity index (χ3v) is 5.07. The van der Waals surface area contributed by atoms with E-state index in [1.54, 1.807) is 0 Å². The fraction of sp³-hybridized carbons (Fsp3) is 0.632. The van der Waals surface area contributed by atoms with Crippen LogP contribution in [0.3, 0.4) is 0 Å². The monoisotopic (exact) mass is 445 g/mol. The molecule has 12 nitrogen and oxygen atoms in total. The van der Waals surface area contributed by atoms with Crippen LogP contribution in [0, 0.1) is 23.7 Å². The van der Waals surface area contributed by atoms with Crippen LogP contribution >= 0.6 is 0 Å². The standard InChI is InChI=1S/C19H27NO11/c1-20-8-9(15(21)27-3)10(12(16(22)28-4)17(23)29-5)11(14(20)26-2)13(18(24)30-6)19(25)31-7/h8,10-14H,1-7H3/t10-,11-,14-/m1/s1. The van der Waals surface area contributed by atoms with Gasteiger partial charge < -0.3 is 33.3 Å². The number of nitrogens with zero attached hydrogens (tertiary/aromatic N) is 1. The highest BCUT2D eigenvalue weighted by atomic mass is 16.6. The zero-order valence-electron chi connectivity index (χ0n) is 18.4. The van der Waals surface area contributed by atoms with E-state index in [1.807, 2.05) is 0 Å². The van der Waals surface area contributed by atoms with E-state index in [4.69, 9.17) is 28.4 Å². The minimum Gasteiger partial charge on any atom is -0.468 e. The first-order valence-corrected chi connectivity index (χ1v) is 9.01. The molecular weight excluding hydrogens is 418 g/mol. The lowest BCUT2D eigenvalue weighted by Crippen LogP contribution is -2.56. The second-order valence-corrected chi connectivity index (χ2v) is 6.52. The molecule has 0 spiro atoms. The Hall–Kier alpha value is -3.15. The van der Waals surface area contributed by atoms with Crippen molar-refractivity contribution in [3.63, 3.8) is 0 Å². The summed E-state index contributed by atoms with van der Waals surface area (Å²) in [4.78, 5) is 64.4. The van der Waals surface area contributed by atoms with Crippen molar-refractivity contribution in [1.29, 1.82) is 0 Å². The first-order chi connectivity index (χ1) is 14.6. The summed E-state index contributed by atoms with van der Waals surface area (Å²) in [6, 6.07) is 0. The minimum absolute atomic E-state index is 0.179. The Morgan fingerprint density at radius 2 is 1.16 bits per heavy atom. The molecule has 0 amide bonds. The second kappa shape index (κ2) is 11.3. The summed E-state index contributed by atoms with van der Waals surface area (Å²) in [6.07, 6.45) is 0.240. The number of ether oxygens (including phenoxy) is 6. The lowest BCUT2D eigenvalue weighted by Gasteiger charge is -2.45. The highest BCUT2D eigenvalue weighted by molar-refractivity contribution is 6.00. The average Bonchev–Trinajstić information content (AvgIpc) is 2.78. The van der Waals surface area contributed by atoms with Crippen LogP contribution in [-0.2, 0) is 52.4 Å². The highest BCUT2D eigenvalue weighted by Crippen LogP contribution is 2.43. The van der Waals surface area contributed by atoms with Crippen LogP contribution in [0.2, 0.25) is 0 Å². The molecule has 0 saturated heterocycles. The fourth-order valence-electron chi connectivity index (χ4n) is 3.75. The molecule has 0 aromatic carbocycles. The zero-order chi connectivity index (χ0) is 23.9. The van der Waals surface area contributed by atoms with E-state index in [0.29, 0.717) is 0 Å².